The maximum atomic E-state index is 5.75. The SMILES string of the molecule is COCCN(C(=S)Nc1cccc(SC)c1)C1CCN(C(C)C)CC1. The predicted molar refractivity (Wildman–Crippen MR) is 113 cm³/mol. The van der Waals surface area contributed by atoms with Crippen molar-refractivity contribution in [3.63, 3.8) is 0 Å². The van der Waals surface area contributed by atoms with E-state index in [-0.39, 0.29) is 0 Å². The fraction of sp³-hybridized carbons (Fsp3) is 0.632. The van der Waals surface area contributed by atoms with Crippen LogP contribution in [0, 0.1) is 0 Å². The van der Waals surface area contributed by atoms with Crippen molar-refractivity contribution in [2.24, 2.45) is 0 Å². The summed E-state index contributed by atoms with van der Waals surface area (Å²) in [5.74, 6) is 0. The fourth-order valence-electron chi connectivity index (χ4n) is 3.25. The summed E-state index contributed by atoms with van der Waals surface area (Å²) in [7, 11) is 1.75. The number of thioether (sulfide) groups is 1. The Morgan fingerprint density at radius 1 is 1.40 bits per heavy atom. The van der Waals surface area contributed by atoms with E-state index >= 15 is 0 Å². The number of ether oxygens (including phenoxy) is 1. The molecule has 0 radical (unpaired) electrons. The van der Waals surface area contributed by atoms with Crippen molar-refractivity contribution in [1.29, 1.82) is 0 Å². The topological polar surface area (TPSA) is 27.7 Å². The van der Waals surface area contributed by atoms with Crippen LogP contribution in [-0.2, 0) is 4.74 Å². The van der Waals surface area contributed by atoms with Gasteiger partial charge in [-0.25, -0.2) is 0 Å². The number of rotatable bonds is 7. The highest BCUT2D eigenvalue weighted by molar-refractivity contribution is 7.98. The number of nitrogens with one attached hydrogen (secondary N) is 1. The van der Waals surface area contributed by atoms with Gasteiger partial charge in [0.25, 0.3) is 0 Å². The van der Waals surface area contributed by atoms with Crippen molar-refractivity contribution < 1.29 is 4.74 Å². The molecule has 0 unspecified atom stereocenters. The van der Waals surface area contributed by atoms with Crippen LogP contribution in [0.15, 0.2) is 29.2 Å². The molecule has 0 amide bonds. The first-order chi connectivity index (χ1) is 12.0. The van der Waals surface area contributed by atoms with Gasteiger partial charge in [0.15, 0.2) is 5.11 Å². The minimum Gasteiger partial charge on any atom is -0.383 e. The van der Waals surface area contributed by atoms with E-state index in [0.717, 1.165) is 43.3 Å². The molecule has 0 aromatic heterocycles. The summed E-state index contributed by atoms with van der Waals surface area (Å²) < 4.78 is 5.32. The molecular weight excluding hydrogens is 350 g/mol. The van der Waals surface area contributed by atoms with Crippen LogP contribution in [0.2, 0.25) is 0 Å². The molecule has 0 atom stereocenters. The molecule has 2 rings (SSSR count). The van der Waals surface area contributed by atoms with Gasteiger partial charge in [-0.2, -0.15) is 0 Å². The summed E-state index contributed by atoms with van der Waals surface area (Å²) in [4.78, 5) is 6.10. The number of hydrogen-bond acceptors (Lipinski definition) is 4. The molecule has 4 nitrogen and oxygen atoms in total. The van der Waals surface area contributed by atoms with Crippen molar-refractivity contribution in [2.75, 3.05) is 44.9 Å². The lowest BCUT2D eigenvalue weighted by atomic mass is 10.0. The maximum absolute atomic E-state index is 5.75. The number of piperidine rings is 1. The van der Waals surface area contributed by atoms with Gasteiger partial charge in [0, 0.05) is 49.4 Å². The molecule has 1 N–H and O–H groups in total. The zero-order chi connectivity index (χ0) is 18.2. The molecule has 0 aliphatic carbocycles. The van der Waals surface area contributed by atoms with Crippen molar-refractivity contribution in [3.8, 4) is 0 Å². The lowest BCUT2D eigenvalue weighted by Gasteiger charge is -2.41. The predicted octanol–water partition coefficient (Wildman–Crippen LogP) is 3.93. The Labute approximate surface area is 162 Å². The number of anilines is 1. The number of methoxy groups -OCH3 is 1. The first-order valence-electron chi connectivity index (χ1n) is 8.99. The Bertz CT molecular complexity index is 545. The van der Waals surface area contributed by atoms with Gasteiger partial charge in [-0.05, 0) is 63.4 Å². The molecule has 25 heavy (non-hydrogen) atoms. The number of nitrogens with zero attached hydrogens (tertiary/aromatic N) is 2. The van der Waals surface area contributed by atoms with Gasteiger partial charge in [0.05, 0.1) is 6.61 Å². The van der Waals surface area contributed by atoms with Crippen LogP contribution in [0.1, 0.15) is 26.7 Å². The van der Waals surface area contributed by atoms with Crippen molar-refractivity contribution in [3.05, 3.63) is 24.3 Å². The van der Waals surface area contributed by atoms with Gasteiger partial charge in [-0.3, -0.25) is 0 Å². The molecule has 0 bridgehead atoms. The van der Waals surface area contributed by atoms with Crippen LogP contribution in [0.4, 0.5) is 5.69 Å². The zero-order valence-electron chi connectivity index (χ0n) is 15.8. The van der Waals surface area contributed by atoms with Crippen LogP contribution in [-0.4, -0.2) is 66.6 Å². The van der Waals surface area contributed by atoms with Gasteiger partial charge in [-0.1, -0.05) is 6.07 Å². The Hall–Kier alpha value is -0.820. The molecule has 140 valence electrons. The standard InChI is InChI=1S/C19H31N3OS2/c1-15(2)21-10-8-17(9-11-21)22(12-13-23-3)19(24)20-16-6-5-7-18(14-16)25-4/h5-7,14-15,17H,8-13H2,1-4H3,(H,20,24). The third-order valence-corrected chi connectivity index (χ3v) is 5.85. The molecule has 1 aromatic rings. The second kappa shape index (κ2) is 10.4. The summed E-state index contributed by atoms with van der Waals surface area (Å²) in [5.41, 5.74) is 1.05. The minimum absolute atomic E-state index is 0.480. The maximum Gasteiger partial charge on any atom is 0.173 e. The van der Waals surface area contributed by atoms with Crippen LogP contribution in [0.25, 0.3) is 0 Å². The monoisotopic (exact) mass is 381 g/mol. The molecule has 0 spiro atoms. The Balaban J connectivity index is 2.01. The minimum atomic E-state index is 0.480. The number of benzene rings is 1. The lowest BCUT2D eigenvalue weighted by Crippen LogP contribution is -2.50. The third-order valence-electron chi connectivity index (χ3n) is 4.79. The van der Waals surface area contributed by atoms with E-state index in [2.05, 4.69) is 59.5 Å². The Morgan fingerprint density at radius 3 is 2.72 bits per heavy atom. The van der Waals surface area contributed by atoms with E-state index in [0.29, 0.717) is 18.7 Å². The van der Waals surface area contributed by atoms with Crippen molar-refractivity contribution in [1.82, 2.24) is 9.80 Å². The van der Waals surface area contributed by atoms with E-state index in [1.54, 1.807) is 18.9 Å². The molecule has 1 aliphatic rings. The number of hydrogen-bond donors (Lipinski definition) is 1. The van der Waals surface area contributed by atoms with Gasteiger partial charge in [0.1, 0.15) is 0 Å². The van der Waals surface area contributed by atoms with E-state index in [1.807, 2.05) is 0 Å². The molecule has 1 heterocycles. The summed E-state index contributed by atoms with van der Waals surface area (Å²) >= 11 is 7.49. The van der Waals surface area contributed by atoms with Crippen LogP contribution in [0.5, 0.6) is 0 Å². The summed E-state index contributed by atoms with van der Waals surface area (Å²) in [5, 5.41) is 4.24. The fourth-order valence-corrected chi connectivity index (χ4v) is 4.07. The zero-order valence-corrected chi connectivity index (χ0v) is 17.5. The molecule has 6 heteroatoms. The largest absolute Gasteiger partial charge is 0.383 e. The Kier molecular flexibility index (Phi) is 8.49. The lowest BCUT2D eigenvalue weighted by molar-refractivity contribution is 0.108. The highest BCUT2D eigenvalue weighted by Crippen LogP contribution is 2.22. The first kappa shape index (κ1) is 20.5. The van der Waals surface area contributed by atoms with Gasteiger partial charge < -0.3 is 19.9 Å². The Morgan fingerprint density at radius 2 is 2.12 bits per heavy atom. The van der Waals surface area contributed by atoms with Crippen molar-refractivity contribution in [2.45, 2.75) is 43.7 Å². The van der Waals surface area contributed by atoms with Gasteiger partial charge in [0.2, 0.25) is 0 Å². The molecular formula is C19H31N3OS2. The normalized spacial score (nSPS) is 16.2. The molecule has 1 aliphatic heterocycles. The van der Waals surface area contributed by atoms with Crippen LogP contribution < -0.4 is 5.32 Å². The number of thiocarbonyl (C=S) groups is 1. The second-order valence-electron chi connectivity index (χ2n) is 6.71. The van der Waals surface area contributed by atoms with E-state index in [4.69, 9.17) is 17.0 Å². The second-order valence-corrected chi connectivity index (χ2v) is 7.98. The average Bonchev–Trinajstić information content (AvgIpc) is 2.62. The first-order valence-corrected chi connectivity index (χ1v) is 10.6. The smallest absolute Gasteiger partial charge is 0.173 e. The molecule has 1 fully saturated rings. The highest BCUT2D eigenvalue weighted by Gasteiger charge is 2.27. The average molecular weight is 382 g/mol. The molecule has 1 saturated heterocycles. The van der Waals surface area contributed by atoms with E-state index in [1.165, 1.54) is 4.90 Å². The van der Waals surface area contributed by atoms with Crippen molar-refractivity contribution >= 4 is 34.8 Å². The van der Waals surface area contributed by atoms with Crippen LogP contribution >= 0.6 is 24.0 Å². The molecule has 1 aromatic carbocycles. The summed E-state index contributed by atoms with van der Waals surface area (Å²) in [6.45, 7) is 8.34. The summed E-state index contributed by atoms with van der Waals surface area (Å²) in [6, 6.07) is 9.50. The third kappa shape index (κ3) is 6.13. The quantitative estimate of drug-likeness (QED) is 0.568. The number of likely N-dealkylation sites (tertiary alicyclic amines) is 1. The van der Waals surface area contributed by atoms with Gasteiger partial charge in [-0.15, -0.1) is 11.8 Å². The summed E-state index contributed by atoms with van der Waals surface area (Å²) in [6.07, 6.45) is 4.38. The van der Waals surface area contributed by atoms with Gasteiger partial charge >= 0.3 is 0 Å². The van der Waals surface area contributed by atoms with Crippen LogP contribution in [0.3, 0.4) is 0 Å². The highest BCUT2D eigenvalue weighted by atomic mass is 32.2. The molecule has 0 saturated carbocycles. The van der Waals surface area contributed by atoms with E-state index in [9.17, 15) is 0 Å². The van der Waals surface area contributed by atoms with E-state index < -0.39 is 0 Å².